The van der Waals surface area contributed by atoms with Crippen LogP contribution >= 0.6 is 0 Å². The first-order valence-electron chi connectivity index (χ1n) is 10.7. The number of amides is 1. The number of aliphatic hydroxyl groups excluding tert-OH is 1. The molecule has 2 saturated carbocycles. The molecule has 7 heteroatoms. The number of esters is 1. The Morgan fingerprint density at radius 1 is 1.30 bits per heavy atom. The number of methoxy groups -OCH3 is 1. The van der Waals surface area contributed by atoms with Crippen molar-refractivity contribution in [1.82, 2.24) is 0 Å². The van der Waals surface area contributed by atoms with Crippen LogP contribution in [0.25, 0.3) is 0 Å². The lowest BCUT2D eigenvalue weighted by Crippen LogP contribution is -2.59. The fraction of sp³-hybridized carbons (Fsp3) is 0.652. The predicted octanol–water partition coefficient (Wildman–Crippen LogP) is 3.75. The Bertz CT molecular complexity index is 828. The van der Waals surface area contributed by atoms with E-state index in [1.165, 1.54) is 0 Å². The number of anilines is 1. The van der Waals surface area contributed by atoms with Gasteiger partial charge in [-0.3, -0.25) is 10.1 Å². The normalized spacial score (nSPS) is 37.5. The van der Waals surface area contributed by atoms with Gasteiger partial charge in [0.25, 0.3) is 0 Å². The van der Waals surface area contributed by atoms with Crippen LogP contribution in [0.3, 0.4) is 0 Å². The zero-order valence-electron chi connectivity index (χ0n) is 17.8. The maximum absolute atomic E-state index is 12.6. The lowest BCUT2D eigenvalue weighted by atomic mass is 9.46. The summed E-state index contributed by atoms with van der Waals surface area (Å²) in [7, 11) is 1.57. The van der Waals surface area contributed by atoms with Crippen molar-refractivity contribution in [2.45, 2.75) is 58.2 Å². The number of benzene rings is 1. The molecule has 30 heavy (non-hydrogen) atoms. The Hall–Kier alpha value is -2.28. The smallest absolute Gasteiger partial charge is 0.411 e. The summed E-state index contributed by atoms with van der Waals surface area (Å²) in [6, 6.07) is 7.09. The maximum atomic E-state index is 12.6. The van der Waals surface area contributed by atoms with E-state index in [0.717, 1.165) is 19.3 Å². The minimum absolute atomic E-state index is 0.0180. The van der Waals surface area contributed by atoms with Gasteiger partial charge in [0.05, 0.1) is 20.1 Å². The molecule has 3 aliphatic rings. The monoisotopic (exact) mass is 417 g/mol. The van der Waals surface area contributed by atoms with Crippen LogP contribution in [0.15, 0.2) is 24.3 Å². The minimum atomic E-state index is -0.574. The summed E-state index contributed by atoms with van der Waals surface area (Å²) in [6.45, 7) is 4.16. The third-order valence-electron chi connectivity index (χ3n) is 7.88. The van der Waals surface area contributed by atoms with Crippen LogP contribution in [0.1, 0.15) is 46.0 Å². The summed E-state index contributed by atoms with van der Waals surface area (Å²) in [6.07, 6.45) is 2.62. The van der Waals surface area contributed by atoms with Gasteiger partial charge in [0.15, 0.2) is 0 Å². The standard InChI is InChI=1S/C23H31NO6/c1-22-10-9-19(30-21(27)24-14-5-4-6-15(11-14)28-3)23(2,13-25)18(22)8-7-17-16(22)12-20(26)29-17/h4-6,11,16-19,25H,7-10,12-13H2,1-3H3,(H,24,27)/t16-,17-,18-,19-,22+,23+/m1/s1. The molecule has 1 heterocycles. The SMILES string of the molecule is COc1cccc(NC(=O)O[C@@H]2CC[C@]3(C)[C@@H](CC[C@H]4OC(=O)C[C@H]43)[C@]2(C)CO)c1. The van der Waals surface area contributed by atoms with Crippen LogP contribution in [0, 0.1) is 22.7 Å². The molecule has 1 aromatic rings. The highest BCUT2D eigenvalue weighted by molar-refractivity contribution is 5.85. The second-order valence-corrected chi connectivity index (χ2v) is 9.43. The highest BCUT2D eigenvalue weighted by Gasteiger charge is 2.62. The van der Waals surface area contributed by atoms with Crippen molar-refractivity contribution in [2.24, 2.45) is 22.7 Å². The molecule has 1 saturated heterocycles. The molecular formula is C23H31NO6. The van der Waals surface area contributed by atoms with Gasteiger partial charge in [-0.25, -0.2) is 4.79 Å². The maximum Gasteiger partial charge on any atom is 0.411 e. The Kier molecular flexibility index (Phi) is 5.43. The third-order valence-corrected chi connectivity index (χ3v) is 7.88. The second-order valence-electron chi connectivity index (χ2n) is 9.43. The quantitative estimate of drug-likeness (QED) is 0.725. The summed E-state index contributed by atoms with van der Waals surface area (Å²) >= 11 is 0. The van der Waals surface area contributed by atoms with E-state index >= 15 is 0 Å². The van der Waals surface area contributed by atoms with Crippen molar-refractivity contribution in [3.63, 3.8) is 0 Å². The van der Waals surface area contributed by atoms with E-state index in [1.807, 2.05) is 6.92 Å². The minimum Gasteiger partial charge on any atom is -0.497 e. The van der Waals surface area contributed by atoms with E-state index in [9.17, 15) is 14.7 Å². The van der Waals surface area contributed by atoms with Crippen molar-refractivity contribution >= 4 is 17.7 Å². The fourth-order valence-electron chi connectivity index (χ4n) is 6.27. The molecule has 4 rings (SSSR count). The first-order chi connectivity index (χ1) is 14.3. The number of aliphatic hydroxyl groups is 1. The molecule has 0 unspecified atom stereocenters. The fourth-order valence-corrected chi connectivity index (χ4v) is 6.27. The highest BCUT2D eigenvalue weighted by Crippen LogP contribution is 2.62. The Balaban J connectivity index is 1.50. The molecule has 3 fully saturated rings. The first kappa shape index (κ1) is 21.0. The van der Waals surface area contributed by atoms with Gasteiger partial charge >= 0.3 is 12.1 Å². The second kappa shape index (κ2) is 7.76. The number of hydrogen-bond donors (Lipinski definition) is 2. The summed E-state index contributed by atoms with van der Waals surface area (Å²) in [5, 5.41) is 13.2. The van der Waals surface area contributed by atoms with Crippen molar-refractivity contribution in [1.29, 1.82) is 0 Å². The molecule has 0 radical (unpaired) electrons. The van der Waals surface area contributed by atoms with Gasteiger partial charge in [-0.2, -0.15) is 0 Å². The van der Waals surface area contributed by atoms with Crippen LogP contribution in [0.2, 0.25) is 0 Å². The predicted molar refractivity (Wildman–Crippen MR) is 110 cm³/mol. The van der Waals surface area contributed by atoms with E-state index < -0.39 is 17.6 Å². The molecule has 7 nitrogen and oxygen atoms in total. The summed E-state index contributed by atoms with van der Waals surface area (Å²) in [5.41, 5.74) is -0.0989. The average molecular weight is 418 g/mol. The number of nitrogens with one attached hydrogen (secondary N) is 1. The number of hydrogen-bond acceptors (Lipinski definition) is 6. The van der Waals surface area contributed by atoms with Gasteiger partial charge in [-0.05, 0) is 49.1 Å². The van der Waals surface area contributed by atoms with Gasteiger partial charge in [0, 0.05) is 23.1 Å². The topological polar surface area (TPSA) is 94.1 Å². The van der Waals surface area contributed by atoms with Crippen LogP contribution < -0.4 is 10.1 Å². The number of carbonyl (C=O) groups is 2. The van der Waals surface area contributed by atoms with Crippen LogP contribution in [-0.2, 0) is 14.3 Å². The van der Waals surface area contributed by atoms with Crippen molar-refractivity contribution in [3.8, 4) is 5.75 Å². The molecule has 1 aromatic carbocycles. The molecule has 0 bridgehead atoms. The molecule has 1 aliphatic heterocycles. The number of ether oxygens (including phenoxy) is 3. The molecular weight excluding hydrogens is 386 g/mol. The van der Waals surface area contributed by atoms with Crippen molar-refractivity contribution in [2.75, 3.05) is 19.0 Å². The Morgan fingerprint density at radius 2 is 2.10 bits per heavy atom. The molecule has 6 atom stereocenters. The summed E-state index contributed by atoms with van der Waals surface area (Å²) in [5.74, 6) is 0.843. The van der Waals surface area contributed by atoms with Gasteiger partial charge in [0.2, 0.25) is 0 Å². The molecule has 2 aliphatic carbocycles. The molecule has 1 amide bonds. The lowest BCUT2D eigenvalue weighted by molar-refractivity contribution is -0.174. The third kappa shape index (κ3) is 3.43. The van der Waals surface area contributed by atoms with Gasteiger partial charge in [0.1, 0.15) is 18.0 Å². The van der Waals surface area contributed by atoms with Crippen LogP contribution in [-0.4, -0.2) is 43.1 Å². The molecule has 164 valence electrons. The van der Waals surface area contributed by atoms with E-state index in [1.54, 1.807) is 31.4 Å². The first-order valence-corrected chi connectivity index (χ1v) is 10.7. The van der Waals surface area contributed by atoms with Gasteiger partial charge < -0.3 is 19.3 Å². The van der Waals surface area contributed by atoms with E-state index in [2.05, 4.69) is 12.2 Å². The number of carbonyl (C=O) groups excluding carboxylic acids is 2. The van der Waals surface area contributed by atoms with Gasteiger partial charge in [-0.15, -0.1) is 0 Å². The van der Waals surface area contributed by atoms with Crippen LogP contribution in [0.4, 0.5) is 10.5 Å². The number of fused-ring (bicyclic) bond motifs is 3. The zero-order chi connectivity index (χ0) is 21.5. The van der Waals surface area contributed by atoms with Crippen molar-refractivity contribution < 1.29 is 28.9 Å². The van der Waals surface area contributed by atoms with Crippen LogP contribution in [0.5, 0.6) is 5.75 Å². The Labute approximate surface area is 177 Å². The Morgan fingerprint density at radius 3 is 2.83 bits per heavy atom. The lowest BCUT2D eigenvalue weighted by Gasteiger charge is -2.59. The van der Waals surface area contributed by atoms with E-state index in [4.69, 9.17) is 14.2 Å². The van der Waals surface area contributed by atoms with Gasteiger partial charge in [-0.1, -0.05) is 19.9 Å². The zero-order valence-corrected chi connectivity index (χ0v) is 17.8. The summed E-state index contributed by atoms with van der Waals surface area (Å²) < 4.78 is 16.6. The largest absolute Gasteiger partial charge is 0.497 e. The number of rotatable bonds is 4. The highest BCUT2D eigenvalue weighted by atomic mass is 16.6. The molecule has 2 N–H and O–H groups in total. The van der Waals surface area contributed by atoms with Crippen molar-refractivity contribution in [3.05, 3.63) is 24.3 Å². The average Bonchev–Trinajstić information content (AvgIpc) is 3.12. The molecule has 0 spiro atoms. The van der Waals surface area contributed by atoms with E-state index in [-0.39, 0.29) is 35.9 Å². The summed E-state index contributed by atoms with van der Waals surface area (Å²) in [4.78, 5) is 24.6. The molecule has 0 aromatic heterocycles. The van der Waals surface area contributed by atoms with E-state index in [0.29, 0.717) is 24.3 Å².